The highest BCUT2D eigenvalue weighted by Crippen LogP contribution is 2.23. The Bertz CT molecular complexity index is 770. The molecular weight excluding hydrogens is 402 g/mol. The molecule has 0 aliphatic heterocycles. The van der Waals surface area contributed by atoms with Crippen LogP contribution in [0.3, 0.4) is 0 Å². The zero-order valence-corrected chi connectivity index (χ0v) is 18.8. The molecule has 0 aliphatic carbocycles. The van der Waals surface area contributed by atoms with Crippen LogP contribution >= 0.6 is 0 Å². The van der Waals surface area contributed by atoms with Gasteiger partial charge in [0.2, 0.25) is 17.7 Å². The second-order valence-corrected chi connectivity index (χ2v) is 8.44. The number of benzene rings is 1. The van der Waals surface area contributed by atoms with Gasteiger partial charge in [0.15, 0.2) is 0 Å². The maximum atomic E-state index is 12.9. The Morgan fingerprint density at radius 1 is 1.06 bits per heavy atom. The molecule has 0 aromatic heterocycles. The minimum atomic E-state index is -0.874. The third kappa shape index (κ3) is 8.37. The summed E-state index contributed by atoms with van der Waals surface area (Å²) in [5.74, 6) is -2.65. The largest absolute Gasteiger partial charge is 0.465 e. The number of hydrogen-bond donors (Lipinski definition) is 4. The molecule has 0 saturated heterocycles. The van der Waals surface area contributed by atoms with Gasteiger partial charge in [-0.25, -0.2) is 10.3 Å². The van der Waals surface area contributed by atoms with Crippen LogP contribution in [0.5, 0.6) is 0 Å². The number of anilines is 1. The number of amides is 3. The maximum Gasteiger partial charge on any atom is 0.337 e. The van der Waals surface area contributed by atoms with Crippen LogP contribution in [-0.2, 0) is 19.1 Å². The molecule has 2 unspecified atom stereocenters. The lowest BCUT2D eigenvalue weighted by molar-refractivity contribution is -0.136. The minimum Gasteiger partial charge on any atom is -0.465 e. The summed E-state index contributed by atoms with van der Waals surface area (Å²) in [7, 11) is 1.28. The number of esters is 1. The average Bonchev–Trinajstić information content (AvgIpc) is 2.73. The first-order valence-corrected chi connectivity index (χ1v) is 10.3. The van der Waals surface area contributed by atoms with E-state index in [2.05, 4.69) is 15.4 Å². The number of unbranched alkanes of at least 4 members (excludes halogenated alkanes) is 1. The lowest BCUT2D eigenvalue weighted by Crippen LogP contribution is -2.53. The highest BCUT2D eigenvalue weighted by molar-refractivity contribution is 5.99. The molecule has 3 amide bonds. The first-order valence-electron chi connectivity index (χ1n) is 10.3. The van der Waals surface area contributed by atoms with Gasteiger partial charge in [0.1, 0.15) is 6.04 Å². The van der Waals surface area contributed by atoms with Crippen LogP contribution in [0.1, 0.15) is 63.7 Å². The third-order valence-corrected chi connectivity index (χ3v) is 4.82. The number of nitrogens with one attached hydrogen (secondary N) is 3. The summed E-state index contributed by atoms with van der Waals surface area (Å²) in [4.78, 5) is 48.9. The summed E-state index contributed by atoms with van der Waals surface area (Å²) in [6.45, 7) is 7.43. The first-order chi connectivity index (χ1) is 14.5. The van der Waals surface area contributed by atoms with Crippen molar-refractivity contribution in [3.05, 3.63) is 29.8 Å². The standard InChI is InChI=1S/C22H33N3O6/c1-6-7-8-15(13-17(26)25-30)19(27)24-18(22(2,3)4)20(28)23-16-11-9-14(10-12-16)21(29)31-5/h9-12,15,18,30H,6-8,13H2,1-5H3,(H,23,28)(H,24,27)(H,25,26). The fourth-order valence-corrected chi connectivity index (χ4v) is 3.00. The van der Waals surface area contributed by atoms with Crippen molar-refractivity contribution < 1.29 is 29.1 Å². The quantitative estimate of drug-likeness (QED) is 0.254. The van der Waals surface area contributed by atoms with Gasteiger partial charge >= 0.3 is 5.97 Å². The topological polar surface area (TPSA) is 134 Å². The summed E-state index contributed by atoms with van der Waals surface area (Å²) in [5.41, 5.74) is 1.75. The number of hydroxylamine groups is 1. The molecule has 0 heterocycles. The van der Waals surface area contributed by atoms with E-state index in [9.17, 15) is 19.2 Å². The van der Waals surface area contributed by atoms with Gasteiger partial charge in [-0.2, -0.15) is 0 Å². The van der Waals surface area contributed by atoms with Gasteiger partial charge < -0.3 is 15.4 Å². The van der Waals surface area contributed by atoms with Crippen molar-refractivity contribution in [2.75, 3.05) is 12.4 Å². The second kappa shape index (κ2) is 12.0. The molecule has 0 aliphatic rings. The first kappa shape index (κ1) is 26.1. The fourth-order valence-electron chi connectivity index (χ4n) is 3.00. The van der Waals surface area contributed by atoms with Gasteiger partial charge in [-0.15, -0.1) is 0 Å². The Kier molecular flexibility index (Phi) is 10.1. The Balaban J connectivity index is 2.96. The van der Waals surface area contributed by atoms with Crippen LogP contribution in [0, 0.1) is 11.3 Å². The Hall–Kier alpha value is -2.94. The van der Waals surface area contributed by atoms with Gasteiger partial charge in [-0.1, -0.05) is 40.5 Å². The number of carbonyl (C=O) groups is 4. The predicted octanol–water partition coefficient (Wildman–Crippen LogP) is 2.64. The van der Waals surface area contributed by atoms with Crippen molar-refractivity contribution in [2.45, 2.75) is 59.4 Å². The lowest BCUT2D eigenvalue weighted by Gasteiger charge is -2.31. The van der Waals surface area contributed by atoms with Crippen LogP contribution in [0.4, 0.5) is 5.69 Å². The summed E-state index contributed by atoms with van der Waals surface area (Å²) < 4.78 is 4.65. The molecule has 172 valence electrons. The Morgan fingerprint density at radius 3 is 2.16 bits per heavy atom. The van der Waals surface area contributed by atoms with E-state index in [-0.39, 0.29) is 6.42 Å². The van der Waals surface area contributed by atoms with E-state index >= 15 is 0 Å². The number of carbonyl (C=O) groups excluding carboxylic acids is 4. The molecule has 0 spiro atoms. The monoisotopic (exact) mass is 435 g/mol. The van der Waals surface area contributed by atoms with Crippen molar-refractivity contribution in [3.63, 3.8) is 0 Å². The zero-order chi connectivity index (χ0) is 23.6. The SMILES string of the molecule is CCCCC(CC(=O)NO)C(=O)NC(C(=O)Nc1ccc(C(=O)OC)cc1)C(C)(C)C. The summed E-state index contributed by atoms with van der Waals surface area (Å²) >= 11 is 0. The molecule has 9 nitrogen and oxygen atoms in total. The van der Waals surface area contributed by atoms with Crippen LogP contribution in [0.15, 0.2) is 24.3 Å². The smallest absolute Gasteiger partial charge is 0.337 e. The number of methoxy groups -OCH3 is 1. The van der Waals surface area contributed by atoms with E-state index in [0.717, 1.165) is 12.8 Å². The molecule has 4 N–H and O–H groups in total. The van der Waals surface area contributed by atoms with Crippen LogP contribution < -0.4 is 16.1 Å². The highest BCUT2D eigenvalue weighted by Gasteiger charge is 2.35. The molecular formula is C22H33N3O6. The summed E-state index contributed by atoms with van der Waals surface area (Å²) in [6.07, 6.45) is 1.87. The summed E-state index contributed by atoms with van der Waals surface area (Å²) in [6, 6.07) is 5.32. The van der Waals surface area contributed by atoms with Gasteiger partial charge in [0.25, 0.3) is 0 Å². The molecule has 0 saturated carbocycles. The molecule has 1 aromatic carbocycles. The lowest BCUT2D eigenvalue weighted by atomic mass is 9.85. The molecule has 0 fully saturated rings. The minimum absolute atomic E-state index is 0.171. The molecule has 1 aromatic rings. The van der Waals surface area contributed by atoms with E-state index in [1.165, 1.54) is 19.2 Å². The second-order valence-electron chi connectivity index (χ2n) is 8.44. The highest BCUT2D eigenvalue weighted by atomic mass is 16.5. The van der Waals surface area contributed by atoms with Gasteiger partial charge in [0.05, 0.1) is 12.7 Å². The van der Waals surface area contributed by atoms with Crippen molar-refractivity contribution in [2.24, 2.45) is 11.3 Å². The normalized spacial score (nSPS) is 13.0. The summed E-state index contributed by atoms with van der Waals surface area (Å²) in [5, 5.41) is 14.3. The Morgan fingerprint density at radius 2 is 1.68 bits per heavy atom. The Labute approximate surface area is 182 Å². The van der Waals surface area contributed by atoms with Crippen molar-refractivity contribution in [3.8, 4) is 0 Å². The third-order valence-electron chi connectivity index (χ3n) is 4.82. The van der Waals surface area contributed by atoms with E-state index in [4.69, 9.17) is 5.21 Å². The molecule has 9 heteroatoms. The number of hydrogen-bond acceptors (Lipinski definition) is 6. The molecule has 31 heavy (non-hydrogen) atoms. The van der Waals surface area contributed by atoms with E-state index in [0.29, 0.717) is 17.7 Å². The molecule has 0 bridgehead atoms. The van der Waals surface area contributed by atoms with Gasteiger partial charge in [-0.05, 0) is 36.1 Å². The van der Waals surface area contributed by atoms with Gasteiger partial charge in [0, 0.05) is 18.0 Å². The number of ether oxygens (including phenoxy) is 1. The molecule has 2 atom stereocenters. The predicted molar refractivity (Wildman–Crippen MR) is 115 cm³/mol. The van der Waals surface area contributed by atoms with E-state index in [1.54, 1.807) is 17.6 Å². The number of rotatable bonds is 10. The van der Waals surface area contributed by atoms with Crippen molar-refractivity contribution in [1.82, 2.24) is 10.8 Å². The van der Waals surface area contributed by atoms with E-state index < -0.39 is 41.1 Å². The van der Waals surface area contributed by atoms with E-state index in [1.807, 2.05) is 27.7 Å². The van der Waals surface area contributed by atoms with Crippen molar-refractivity contribution >= 4 is 29.4 Å². The maximum absolute atomic E-state index is 12.9. The average molecular weight is 436 g/mol. The van der Waals surface area contributed by atoms with Crippen LogP contribution in [-0.4, -0.2) is 42.0 Å². The zero-order valence-electron chi connectivity index (χ0n) is 18.8. The molecule has 0 radical (unpaired) electrons. The molecule has 1 rings (SSSR count). The van der Waals surface area contributed by atoms with Crippen molar-refractivity contribution in [1.29, 1.82) is 0 Å². The fraction of sp³-hybridized carbons (Fsp3) is 0.545. The van der Waals surface area contributed by atoms with Crippen LogP contribution in [0.25, 0.3) is 0 Å². The van der Waals surface area contributed by atoms with Crippen LogP contribution in [0.2, 0.25) is 0 Å². The van der Waals surface area contributed by atoms with Gasteiger partial charge in [-0.3, -0.25) is 19.6 Å².